The standard InChI is InChI=1S/C12H14F6N5O2P/c13-11(14,15)3-26(24,4-12(16,17)18)7-25-2-1-23-6-22-8-9(19)20-5-21-10(8)23/h5-6H,1-4,7H2,(H2,19,20,21). The van der Waals surface area contributed by atoms with Gasteiger partial charge in [0, 0.05) is 6.54 Å². The van der Waals surface area contributed by atoms with E-state index < -0.39 is 38.2 Å². The number of hydrogen-bond donors (Lipinski definition) is 1. The highest BCUT2D eigenvalue weighted by molar-refractivity contribution is 7.63. The second kappa shape index (κ2) is 7.39. The van der Waals surface area contributed by atoms with Crippen molar-refractivity contribution in [1.82, 2.24) is 19.5 Å². The second-order valence-electron chi connectivity index (χ2n) is 5.51. The minimum atomic E-state index is -4.99. The van der Waals surface area contributed by atoms with Crippen molar-refractivity contribution in [2.24, 2.45) is 0 Å². The number of fused-ring (bicyclic) bond motifs is 1. The Labute approximate surface area is 142 Å². The summed E-state index contributed by atoms with van der Waals surface area (Å²) in [4.78, 5) is 11.6. The van der Waals surface area contributed by atoms with Gasteiger partial charge in [-0.15, -0.1) is 0 Å². The van der Waals surface area contributed by atoms with Gasteiger partial charge in [-0.25, -0.2) is 15.0 Å². The van der Waals surface area contributed by atoms with Gasteiger partial charge in [0.05, 0.1) is 25.3 Å². The number of rotatable bonds is 7. The van der Waals surface area contributed by atoms with Crippen LogP contribution in [0.5, 0.6) is 0 Å². The van der Waals surface area contributed by atoms with E-state index in [-0.39, 0.29) is 19.0 Å². The van der Waals surface area contributed by atoms with Crippen molar-refractivity contribution >= 4 is 24.1 Å². The Morgan fingerprint density at radius 1 is 1.08 bits per heavy atom. The summed E-state index contributed by atoms with van der Waals surface area (Å²) in [6.45, 7) is -0.264. The molecule has 146 valence electrons. The zero-order valence-electron chi connectivity index (χ0n) is 13.1. The lowest BCUT2D eigenvalue weighted by molar-refractivity contribution is -0.113. The van der Waals surface area contributed by atoms with E-state index in [2.05, 4.69) is 15.0 Å². The third-order valence-corrected chi connectivity index (χ3v) is 5.69. The highest BCUT2D eigenvalue weighted by Crippen LogP contribution is 2.53. The topological polar surface area (TPSA) is 95.9 Å². The minimum Gasteiger partial charge on any atom is -0.382 e. The lowest BCUT2D eigenvalue weighted by Crippen LogP contribution is -2.24. The molecule has 0 saturated heterocycles. The van der Waals surface area contributed by atoms with Crippen LogP contribution in [0.1, 0.15) is 0 Å². The Balaban J connectivity index is 1.98. The first kappa shape index (κ1) is 20.4. The van der Waals surface area contributed by atoms with E-state index in [9.17, 15) is 30.9 Å². The van der Waals surface area contributed by atoms with Crippen LogP contribution in [0.2, 0.25) is 0 Å². The van der Waals surface area contributed by atoms with Crippen molar-refractivity contribution in [2.45, 2.75) is 18.9 Å². The number of nitrogen functional groups attached to an aromatic ring is 1. The zero-order chi connectivity index (χ0) is 19.6. The number of anilines is 1. The lowest BCUT2D eigenvalue weighted by atomic mass is 10.5. The summed E-state index contributed by atoms with van der Waals surface area (Å²) in [6.07, 6.45) is -12.7. The molecule has 0 aliphatic rings. The van der Waals surface area contributed by atoms with Gasteiger partial charge < -0.3 is 19.6 Å². The molecule has 7 nitrogen and oxygen atoms in total. The fraction of sp³-hybridized carbons (Fsp3) is 0.583. The molecule has 0 aromatic carbocycles. The zero-order valence-corrected chi connectivity index (χ0v) is 14.0. The number of imidazole rings is 1. The first-order valence-corrected chi connectivity index (χ1v) is 9.34. The molecule has 2 rings (SSSR count). The van der Waals surface area contributed by atoms with Crippen LogP contribution < -0.4 is 5.73 Å². The lowest BCUT2D eigenvalue weighted by Gasteiger charge is -2.21. The average molecular weight is 405 g/mol. The molecular formula is C12H14F6N5O2P. The number of nitrogens with zero attached hydrogens (tertiary/aromatic N) is 4. The number of nitrogens with two attached hydrogens (primary N) is 1. The molecule has 0 spiro atoms. The number of ether oxygens (including phenoxy) is 1. The normalized spacial score (nSPS) is 13.5. The van der Waals surface area contributed by atoms with Crippen molar-refractivity contribution in [1.29, 1.82) is 0 Å². The Morgan fingerprint density at radius 2 is 1.69 bits per heavy atom. The highest BCUT2D eigenvalue weighted by atomic mass is 31.2. The van der Waals surface area contributed by atoms with E-state index in [4.69, 9.17) is 10.5 Å². The largest absolute Gasteiger partial charge is 0.395 e. The molecule has 2 aromatic rings. The molecule has 2 heterocycles. The maximum atomic E-state index is 12.4. The third-order valence-electron chi connectivity index (χ3n) is 3.17. The molecular weight excluding hydrogens is 391 g/mol. The second-order valence-corrected chi connectivity index (χ2v) is 8.52. The molecule has 0 radical (unpaired) electrons. The van der Waals surface area contributed by atoms with Gasteiger partial charge in [-0.05, 0) is 0 Å². The van der Waals surface area contributed by atoms with Crippen molar-refractivity contribution in [2.75, 3.05) is 31.0 Å². The van der Waals surface area contributed by atoms with Crippen LogP contribution in [0.25, 0.3) is 11.2 Å². The minimum absolute atomic E-state index is 0.0188. The van der Waals surface area contributed by atoms with Crippen LogP contribution in [-0.2, 0) is 15.8 Å². The number of aromatic nitrogens is 4. The third kappa shape index (κ3) is 5.84. The van der Waals surface area contributed by atoms with Crippen LogP contribution >= 0.6 is 7.14 Å². The molecule has 0 aliphatic heterocycles. The Kier molecular flexibility index (Phi) is 5.81. The SMILES string of the molecule is Nc1ncnc2c1ncn2CCOCP(=O)(CC(F)(F)F)CC(F)(F)F. The van der Waals surface area contributed by atoms with Gasteiger partial charge in [0.2, 0.25) is 0 Å². The molecule has 0 aliphatic carbocycles. The maximum Gasteiger partial charge on any atom is 0.395 e. The Bertz CT molecular complexity index is 785. The van der Waals surface area contributed by atoms with Crippen molar-refractivity contribution in [3.8, 4) is 0 Å². The smallest absolute Gasteiger partial charge is 0.382 e. The molecule has 14 heteroatoms. The van der Waals surface area contributed by atoms with Crippen LogP contribution in [0.4, 0.5) is 32.2 Å². The first-order chi connectivity index (χ1) is 11.9. The van der Waals surface area contributed by atoms with Gasteiger partial charge in [0.15, 0.2) is 11.5 Å². The van der Waals surface area contributed by atoms with E-state index in [0.717, 1.165) is 0 Å². The fourth-order valence-electron chi connectivity index (χ4n) is 2.26. The van der Waals surface area contributed by atoms with Gasteiger partial charge in [-0.2, -0.15) is 26.3 Å². The van der Waals surface area contributed by atoms with Crippen molar-refractivity contribution in [3.63, 3.8) is 0 Å². The summed E-state index contributed by atoms with van der Waals surface area (Å²) >= 11 is 0. The predicted molar refractivity (Wildman–Crippen MR) is 80.0 cm³/mol. The molecule has 0 amide bonds. The van der Waals surface area contributed by atoms with Crippen LogP contribution in [-0.4, -0.2) is 57.2 Å². The summed E-state index contributed by atoms with van der Waals surface area (Å²) in [5, 5.41) is 0. The molecule has 0 atom stereocenters. The molecule has 0 saturated carbocycles. The number of hydrogen-bond acceptors (Lipinski definition) is 6. The number of halogens is 6. The average Bonchev–Trinajstić information content (AvgIpc) is 2.84. The van der Waals surface area contributed by atoms with Gasteiger partial charge in [0.25, 0.3) is 0 Å². The molecule has 0 fully saturated rings. The number of alkyl halides is 6. The molecule has 0 bridgehead atoms. The first-order valence-electron chi connectivity index (χ1n) is 7.08. The monoisotopic (exact) mass is 405 g/mol. The highest BCUT2D eigenvalue weighted by Gasteiger charge is 2.46. The van der Waals surface area contributed by atoms with Gasteiger partial charge in [-0.3, -0.25) is 0 Å². The van der Waals surface area contributed by atoms with E-state index in [1.165, 1.54) is 17.2 Å². The van der Waals surface area contributed by atoms with Crippen LogP contribution in [0.15, 0.2) is 12.7 Å². The summed E-state index contributed by atoms with van der Waals surface area (Å²) < 4.78 is 93.0. The van der Waals surface area contributed by atoms with E-state index in [1.807, 2.05) is 0 Å². The molecule has 26 heavy (non-hydrogen) atoms. The molecule has 2 aromatic heterocycles. The van der Waals surface area contributed by atoms with Gasteiger partial charge in [0.1, 0.15) is 25.3 Å². The predicted octanol–water partition coefficient (Wildman–Crippen LogP) is 2.87. The Morgan fingerprint density at radius 3 is 2.27 bits per heavy atom. The van der Waals surface area contributed by atoms with Crippen molar-refractivity contribution < 1.29 is 35.6 Å². The Hall–Kier alpha value is -1.88. The fourth-order valence-corrected chi connectivity index (χ4v) is 4.32. The maximum absolute atomic E-state index is 12.4. The summed E-state index contributed by atoms with van der Waals surface area (Å²) in [5.74, 6) is 0.120. The van der Waals surface area contributed by atoms with E-state index in [0.29, 0.717) is 11.2 Å². The quantitative estimate of drug-likeness (QED) is 0.432. The van der Waals surface area contributed by atoms with E-state index in [1.54, 1.807) is 0 Å². The van der Waals surface area contributed by atoms with E-state index >= 15 is 0 Å². The summed E-state index contributed by atoms with van der Waals surface area (Å²) in [5.41, 5.74) is 6.22. The van der Waals surface area contributed by atoms with Gasteiger partial charge >= 0.3 is 12.4 Å². The van der Waals surface area contributed by atoms with Gasteiger partial charge in [-0.1, -0.05) is 0 Å². The van der Waals surface area contributed by atoms with Crippen LogP contribution in [0.3, 0.4) is 0 Å². The van der Waals surface area contributed by atoms with Crippen molar-refractivity contribution in [3.05, 3.63) is 12.7 Å². The summed E-state index contributed by atoms with van der Waals surface area (Å²) in [7, 11) is -4.67. The molecule has 0 unspecified atom stereocenters. The molecule has 2 N–H and O–H groups in total. The van der Waals surface area contributed by atoms with Crippen LogP contribution in [0, 0.1) is 0 Å². The summed E-state index contributed by atoms with van der Waals surface area (Å²) in [6, 6.07) is 0.